The summed E-state index contributed by atoms with van der Waals surface area (Å²) in [4.78, 5) is 0. The van der Waals surface area contributed by atoms with E-state index in [1.807, 2.05) is 13.0 Å². The van der Waals surface area contributed by atoms with Gasteiger partial charge in [0.05, 0.1) is 0 Å². The van der Waals surface area contributed by atoms with Gasteiger partial charge in [-0.25, -0.2) is 13.2 Å². The van der Waals surface area contributed by atoms with Crippen LogP contribution in [0.3, 0.4) is 0 Å². The summed E-state index contributed by atoms with van der Waals surface area (Å²) in [5, 5.41) is 3.55. The fourth-order valence-corrected chi connectivity index (χ4v) is 2.51. The molecule has 1 N–H and O–H groups in total. The Bertz CT molecular complexity index is 608. The van der Waals surface area contributed by atoms with Crippen LogP contribution >= 0.6 is 11.6 Å². The summed E-state index contributed by atoms with van der Waals surface area (Å²) < 4.78 is 40.9. The maximum Gasteiger partial charge on any atom is 0.133 e. The van der Waals surface area contributed by atoms with E-state index in [0.717, 1.165) is 5.56 Å². The Labute approximate surface area is 126 Å². The highest BCUT2D eigenvalue weighted by Gasteiger charge is 2.21. The second-order valence-corrected chi connectivity index (χ2v) is 5.10. The topological polar surface area (TPSA) is 12.0 Å². The monoisotopic (exact) mass is 313 g/mol. The van der Waals surface area contributed by atoms with Crippen molar-refractivity contribution in [1.29, 1.82) is 0 Å². The number of hydrogen-bond acceptors (Lipinski definition) is 1. The molecule has 0 heterocycles. The number of hydrogen-bond donors (Lipinski definition) is 1. The van der Waals surface area contributed by atoms with Crippen molar-refractivity contribution in [3.05, 3.63) is 70.0 Å². The van der Waals surface area contributed by atoms with E-state index in [2.05, 4.69) is 5.32 Å². The van der Waals surface area contributed by atoms with E-state index in [0.29, 0.717) is 30.1 Å². The van der Waals surface area contributed by atoms with Gasteiger partial charge in [-0.15, -0.1) is 0 Å². The van der Waals surface area contributed by atoms with Gasteiger partial charge in [0, 0.05) is 28.8 Å². The summed E-state index contributed by atoms with van der Waals surface area (Å²) in [6.45, 7) is 2.35. The van der Waals surface area contributed by atoms with Crippen molar-refractivity contribution in [2.24, 2.45) is 0 Å². The van der Waals surface area contributed by atoms with Crippen molar-refractivity contribution in [3.8, 4) is 0 Å². The van der Waals surface area contributed by atoms with Crippen LogP contribution in [0.15, 0.2) is 36.4 Å². The molecule has 0 spiro atoms. The summed E-state index contributed by atoms with van der Waals surface area (Å²) in [7, 11) is 0. The fraction of sp³-hybridized carbons (Fsp3) is 0.250. The Kier molecular flexibility index (Phi) is 5.26. The smallest absolute Gasteiger partial charge is 0.133 e. The summed E-state index contributed by atoms with van der Waals surface area (Å²) in [6.07, 6.45) is 0.312. The first-order valence-corrected chi connectivity index (χ1v) is 7.02. The zero-order valence-electron chi connectivity index (χ0n) is 11.5. The summed E-state index contributed by atoms with van der Waals surface area (Å²) in [5.74, 6) is -2.72. The predicted molar refractivity (Wildman–Crippen MR) is 77.9 cm³/mol. The van der Waals surface area contributed by atoms with Gasteiger partial charge in [-0.1, -0.05) is 36.7 Å². The molecule has 2 rings (SSSR count). The highest BCUT2D eigenvalue weighted by Crippen LogP contribution is 2.27. The molecule has 0 fully saturated rings. The molecule has 112 valence electrons. The van der Waals surface area contributed by atoms with Crippen molar-refractivity contribution in [2.75, 3.05) is 6.54 Å². The second kappa shape index (κ2) is 6.96. The Hall–Kier alpha value is -1.52. The summed E-state index contributed by atoms with van der Waals surface area (Å²) in [5.41, 5.74) is 0.603. The minimum absolute atomic E-state index is 0.168. The largest absolute Gasteiger partial charge is 0.310 e. The van der Waals surface area contributed by atoms with Gasteiger partial charge in [-0.2, -0.15) is 0 Å². The van der Waals surface area contributed by atoms with Gasteiger partial charge >= 0.3 is 0 Å². The van der Waals surface area contributed by atoms with Gasteiger partial charge in [0.25, 0.3) is 0 Å². The Morgan fingerprint density at radius 1 is 1.10 bits per heavy atom. The zero-order chi connectivity index (χ0) is 15.4. The normalized spacial score (nSPS) is 12.4. The van der Waals surface area contributed by atoms with Crippen molar-refractivity contribution < 1.29 is 13.2 Å². The van der Waals surface area contributed by atoms with Gasteiger partial charge in [0.1, 0.15) is 17.5 Å². The van der Waals surface area contributed by atoms with Crippen LogP contribution in [0.2, 0.25) is 5.02 Å². The van der Waals surface area contributed by atoms with Crippen LogP contribution in [0.5, 0.6) is 0 Å². The van der Waals surface area contributed by atoms with Crippen LogP contribution in [0.25, 0.3) is 0 Å². The minimum Gasteiger partial charge on any atom is -0.310 e. The number of likely N-dealkylation sites (N-methyl/N-ethyl adjacent to an activating group) is 1. The average Bonchev–Trinajstić information content (AvgIpc) is 2.40. The van der Waals surface area contributed by atoms with Crippen LogP contribution in [-0.2, 0) is 6.42 Å². The maximum atomic E-state index is 13.9. The zero-order valence-corrected chi connectivity index (χ0v) is 12.2. The fourth-order valence-electron chi connectivity index (χ4n) is 2.29. The first-order valence-electron chi connectivity index (χ1n) is 6.64. The third kappa shape index (κ3) is 3.77. The Morgan fingerprint density at radius 2 is 1.71 bits per heavy atom. The van der Waals surface area contributed by atoms with E-state index in [-0.39, 0.29) is 5.56 Å². The van der Waals surface area contributed by atoms with Gasteiger partial charge in [-0.05, 0) is 24.6 Å². The van der Waals surface area contributed by atoms with E-state index >= 15 is 0 Å². The summed E-state index contributed by atoms with van der Waals surface area (Å²) >= 11 is 6.09. The molecule has 1 nitrogen and oxygen atoms in total. The van der Waals surface area contributed by atoms with Crippen LogP contribution in [0.1, 0.15) is 24.1 Å². The van der Waals surface area contributed by atoms with Crippen molar-refractivity contribution in [2.45, 2.75) is 19.4 Å². The first kappa shape index (κ1) is 15.9. The molecule has 2 aromatic rings. The van der Waals surface area contributed by atoms with E-state index in [1.54, 1.807) is 18.2 Å². The number of halogens is 4. The maximum absolute atomic E-state index is 13.9. The van der Waals surface area contributed by atoms with Gasteiger partial charge < -0.3 is 5.32 Å². The molecule has 0 aliphatic rings. The van der Waals surface area contributed by atoms with Crippen LogP contribution in [-0.4, -0.2) is 6.54 Å². The van der Waals surface area contributed by atoms with Gasteiger partial charge in [0.2, 0.25) is 0 Å². The molecule has 21 heavy (non-hydrogen) atoms. The van der Waals surface area contributed by atoms with Crippen LogP contribution < -0.4 is 5.32 Å². The third-order valence-electron chi connectivity index (χ3n) is 3.22. The molecule has 1 atom stereocenters. The second-order valence-electron chi connectivity index (χ2n) is 4.69. The van der Waals surface area contributed by atoms with Crippen molar-refractivity contribution >= 4 is 11.6 Å². The number of benzene rings is 2. The van der Waals surface area contributed by atoms with Gasteiger partial charge in [-0.3, -0.25) is 0 Å². The van der Waals surface area contributed by atoms with E-state index < -0.39 is 23.5 Å². The number of nitrogens with one attached hydrogen (secondary N) is 1. The number of rotatable bonds is 5. The lowest BCUT2D eigenvalue weighted by molar-refractivity contribution is 0.462. The quantitative estimate of drug-likeness (QED) is 0.847. The molecule has 1 unspecified atom stereocenters. The lowest BCUT2D eigenvalue weighted by Crippen LogP contribution is -2.25. The third-order valence-corrected chi connectivity index (χ3v) is 3.59. The van der Waals surface area contributed by atoms with Crippen LogP contribution in [0, 0.1) is 17.5 Å². The molecule has 0 aliphatic heterocycles. The lowest BCUT2D eigenvalue weighted by atomic mass is 9.97. The highest BCUT2D eigenvalue weighted by atomic mass is 35.5. The molecule has 0 aliphatic carbocycles. The first-order chi connectivity index (χ1) is 10.0. The molecule has 0 bridgehead atoms. The molecular weight excluding hydrogens is 299 g/mol. The Morgan fingerprint density at radius 3 is 2.29 bits per heavy atom. The molecule has 0 radical (unpaired) electrons. The highest BCUT2D eigenvalue weighted by molar-refractivity contribution is 6.31. The predicted octanol–water partition coefficient (Wildman–Crippen LogP) is 4.65. The van der Waals surface area contributed by atoms with E-state index in [9.17, 15) is 13.2 Å². The minimum atomic E-state index is -0.929. The van der Waals surface area contributed by atoms with Gasteiger partial charge in [0.15, 0.2) is 0 Å². The Balaban J connectivity index is 2.38. The molecule has 0 aromatic heterocycles. The lowest BCUT2D eigenvalue weighted by Gasteiger charge is -2.20. The van der Waals surface area contributed by atoms with Crippen molar-refractivity contribution in [3.63, 3.8) is 0 Å². The molecule has 5 heteroatoms. The standard InChI is InChI=1S/C16H15ClF3N/c1-2-21-15(7-10-5-3-4-6-12(10)17)16-13(19)8-11(18)9-14(16)20/h3-6,8-9,15,21H,2,7H2,1H3. The molecular formula is C16H15ClF3N. The van der Waals surface area contributed by atoms with Crippen molar-refractivity contribution in [1.82, 2.24) is 5.32 Å². The van der Waals surface area contributed by atoms with E-state index in [1.165, 1.54) is 0 Å². The molecule has 0 saturated heterocycles. The average molecular weight is 314 g/mol. The summed E-state index contributed by atoms with van der Waals surface area (Å²) in [6, 6.07) is 7.87. The SMILES string of the molecule is CCNC(Cc1ccccc1Cl)c1c(F)cc(F)cc1F. The molecule has 0 amide bonds. The van der Waals surface area contributed by atoms with Crippen LogP contribution in [0.4, 0.5) is 13.2 Å². The molecule has 2 aromatic carbocycles. The molecule has 0 saturated carbocycles. The van der Waals surface area contributed by atoms with E-state index in [4.69, 9.17) is 11.6 Å².